The molecule has 0 saturated carbocycles. The minimum Gasteiger partial charge on any atom is -0.334 e. The lowest BCUT2D eigenvalue weighted by atomic mass is 10.1. The number of carbonyl (C=O) groups excluding carboxylic acids is 1. The molecule has 150 valence electrons. The number of nitrogens with zero attached hydrogens (tertiary/aromatic N) is 3. The van der Waals surface area contributed by atoms with E-state index in [1.54, 1.807) is 49.5 Å². The molecule has 1 aliphatic heterocycles. The van der Waals surface area contributed by atoms with Crippen LogP contribution in [-0.4, -0.2) is 49.0 Å². The highest BCUT2D eigenvalue weighted by molar-refractivity contribution is 7.92. The number of amides is 1. The van der Waals surface area contributed by atoms with Gasteiger partial charge in [-0.3, -0.25) is 13.9 Å². The van der Waals surface area contributed by atoms with Crippen molar-refractivity contribution in [2.75, 3.05) is 24.2 Å². The zero-order valence-corrected chi connectivity index (χ0v) is 16.9. The second-order valence-corrected chi connectivity index (χ2v) is 9.03. The highest BCUT2D eigenvalue weighted by Gasteiger charge is 2.27. The van der Waals surface area contributed by atoms with Gasteiger partial charge in [-0.2, -0.15) is 0 Å². The van der Waals surface area contributed by atoms with Gasteiger partial charge in [-0.25, -0.2) is 13.4 Å². The van der Waals surface area contributed by atoms with E-state index in [1.807, 2.05) is 0 Å². The normalized spacial score (nSPS) is 13.5. The summed E-state index contributed by atoms with van der Waals surface area (Å²) in [6, 6.07) is 12.0. The van der Waals surface area contributed by atoms with Gasteiger partial charge in [-0.15, -0.1) is 0 Å². The minimum absolute atomic E-state index is 0.144. The fourth-order valence-corrected chi connectivity index (χ4v) is 4.53. The average molecular weight is 412 g/mol. The van der Waals surface area contributed by atoms with E-state index in [9.17, 15) is 18.0 Å². The van der Waals surface area contributed by atoms with E-state index in [1.165, 1.54) is 15.5 Å². The molecular weight excluding hydrogens is 392 g/mol. The first-order valence-corrected chi connectivity index (χ1v) is 10.9. The highest BCUT2D eigenvalue weighted by Crippen LogP contribution is 2.31. The Kier molecular flexibility index (Phi) is 4.62. The number of hydrogen-bond donors (Lipinski definition) is 1. The number of para-hydroxylation sites is 1. The van der Waals surface area contributed by atoms with E-state index in [4.69, 9.17) is 0 Å². The fourth-order valence-electron chi connectivity index (χ4n) is 3.58. The smallest absolute Gasteiger partial charge is 0.258 e. The number of hydrogen-bond acceptors (Lipinski definition) is 5. The van der Waals surface area contributed by atoms with Gasteiger partial charge in [0.1, 0.15) is 5.82 Å². The van der Waals surface area contributed by atoms with Gasteiger partial charge in [-0.1, -0.05) is 12.1 Å². The molecule has 0 bridgehead atoms. The molecule has 2 aromatic carbocycles. The average Bonchev–Trinajstić information content (AvgIpc) is 3.11. The van der Waals surface area contributed by atoms with E-state index in [0.29, 0.717) is 40.9 Å². The van der Waals surface area contributed by atoms with E-state index in [0.717, 1.165) is 5.56 Å². The molecule has 0 unspecified atom stereocenters. The van der Waals surface area contributed by atoms with Crippen LogP contribution >= 0.6 is 0 Å². The van der Waals surface area contributed by atoms with E-state index >= 15 is 0 Å². The van der Waals surface area contributed by atoms with Gasteiger partial charge in [-0.05, 0) is 42.3 Å². The van der Waals surface area contributed by atoms with Gasteiger partial charge >= 0.3 is 0 Å². The van der Waals surface area contributed by atoms with Crippen molar-refractivity contribution in [2.24, 2.45) is 0 Å². The first-order chi connectivity index (χ1) is 13.7. The molecule has 1 aliphatic rings. The maximum absolute atomic E-state index is 12.9. The topological polar surface area (TPSA) is 103 Å². The Morgan fingerprint density at radius 1 is 1.24 bits per heavy atom. The molecule has 3 aromatic rings. The van der Waals surface area contributed by atoms with E-state index in [2.05, 4.69) is 9.97 Å². The van der Waals surface area contributed by atoms with Crippen LogP contribution in [-0.2, 0) is 23.0 Å². The summed E-state index contributed by atoms with van der Waals surface area (Å²) in [5, 5.41) is 0.499. The fraction of sp³-hybridized carbons (Fsp3) is 0.250. The van der Waals surface area contributed by atoms with Gasteiger partial charge in [0.05, 0.1) is 29.4 Å². The second-order valence-electron chi connectivity index (χ2n) is 7.12. The molecule has 0 fully saturated rings. The SMILES string of the molecule is CN(Cc1nc2ccccc2c(=O)[nH]1)C(=O)c1ccc2c(c1)CCN2S(C)(=O)=O. The van der Waals surface area contributed by atoms with Gasteiger partial charge in [0, 0.05) is 19.2 Å². The number of benzene rings is 2. The summed E-state index contributed by atoms with van der Waals surface area (Å²) in [7, 11) is -1.70. The van der Waals surface area contributed by atoms with Gasteiger partial charge in [0.2, 0.25) is 10.0 Å². The van der Waals surface area contributed by atoms with Crippen LogP contribution in [0.4, 0.5) is 5.69 Å². The maximum Gasteiger partial charge on any atom is 0.258 e. The molecule has 1 aromatic heterocycles. The molecule has 2 heterocycles. The van der Waals surface area contributed by atoms with Crippen molar-refractivity contribution >= 4 is 32.5 Å². The Hall–Kier alpha value is -3.20. The van der Waals surface area contributed by atoms with Crippen molar-refractivity contribution in [1.82, 2.24) is 14.9 Å². The molecule has 0 atom stereocenters. The predicted octanol–water partition coefficient (Wildman–Crippen LogP) is 1.52. The Labute approximate surface area is 167 Å². The largest absolute Gasteiger partial charge is 0.334 e. The lowest BCUT2D eigenvalue weighted by Crippen LogP contribution is -2.29. The lowest BCUT2D eigenvalue weighted by Gasteiger charge is -2.19. The quantitative estimate of drug-likeness (QED) is 0.700. The molecule has 8 nitrogen and oxygen atoms in total. The number of H-pyrrole nitrogens is 1. The van der Waals surface area contributed by atoms with Crippen molar-refractivity contribution in [3.05, 3.63) is 69.8 Å². The van der Waals surface area contributed by atoms with Gasteiger partial charge < -0.3 is 9.88 Å². The van der Waals surface area contributed by atoms with Crippen molar-refractivity contribution < 1.29 is 13.2 Å². The van der Waals surface area contributed by atoms with E-state index in [-0.39, 0.29) is 18.0 Å². The van der Waals surface area contributed by atoms with Crippen molar-refractivity contribution in [2.45, 2.75) is 13.0 Å². The lowest BCUT2D eigenvalue weighted by molar-refractivity contribution is 0.0781. The van der Waals surface area contributed by atoms with Crippen LogP contribution in [0, 0.1) is 0 Å². The van der Waals surface area contributed by atoms with Crippen molar-refractivity contribution in [3.63, 3.8) is 0 Å². The Morgan fingerprint density at radius 3 is 2.76 bits per heavy atom. The molecule has 4 rings (SSSR count). The summed E-state index contributed by atoms with van der Waals surface area (Å²) in [4.78, 5) is 33.7. The molecular formula is C20H20N4O4S. The monoisotopic (exact) mass is 412 g/mol. The number of aromatic amines is 1. The maximum atomic E-state index is 12.9. The minimum atomic E-state index is -3.33. The summed E-state index contributed by atoms with van der Waals surface area (Å²) in [6.07, 6.45) is 1.74. The van der Waals surface area contributed by atoms with Crippen LogP contribution in [0.15, 0.2) is 47.3 Å². The summed E-state index contributed by atoms with van der Waals surface area (Å²) in [5.41, 5.74) is 2.24. The molecule has 9 heteroatoms. The number of rotatable bonds is 4. The molecule has 0 saturated heterocycles. The standard InChI is InChI=1S/C20H20N4O4S/c1-23(12-18-21-16-6-4-3-5-15(16)19(25)22-18)20(26)14-7-8-17-13(11-14)9-10-24(17)29(2,27)28/h3-8,11H,9-10,12H2,1-2H3,(H,21,22,25). The van der Waals surface area contributed by atoms with Crippen LogP contribution in [0.5, 0.6) is 0 Å². The molecule has 0 spiro atoms. The molecule has 1 N–H and O–H groups in total. The Bertz CT molecular complexity index is 1280. The zero-order chi connectivity index (χ0) is 20.8. The predicted molar refractivity (Wildman–Crippen MR) is 110 cm³/mol. The second kappa shape index (κ2) is 7.00. The summed E-state index contributed by atoms with van der Waals surface area (Å²) < 4.78 is 25.1. The molecule has 29 heavy (non-hydrogen) atoms. The third kappa shape index (κ3) is 3.61. The number of fused-ring (bicyclic) bond motifs is 2. The van der Waals surface area contributed by atoms with Crippen LogP contribution < -0.4 is 9.86 Å². The highest BCUT2D eigenvalue weighted by atomic mass is 32.2. The van der Waals surface area contributed by atoms with Crippen LogP contribution in [0.3, 0.4) is 0 Å². The zero-order valence-electron chi connectivity index (χ0n) is 16.0. The number of nitrogens with one attached hydrogen (secondary N) is 1. The van der Waals surface area contributed by atoms with Gasteiger partial charge in [0.25, 0.3) is 11.5 Å². The Balaban J connectivity index is 1.57. The molecule has 0 aliphatic carbocycles. The Morgan fingerprint density at radius 2 is 2.00 bits per heavy atom. The van der Waals surface area contributed by atoms with Crippen molar-refractivity contribution in [3.8, 4) is 0 Å². The van der Waals surface area contributed by atoms with E-state index < -0.39 is 10.0 Å². The van der Waals surface area contributed by atoms with Crippen LogP contribution in [0.25, 0.3) is 10.9 Å². The first-order valence-electron chi connectivity index (χ1n) is 9.08. The third-order valence-corrected chi connectivity index (χ3v) is 6.16. The van der Waals surface area contributed by atoms with Crippen LogP contribution in [0.1, 0.15) is 21.7 Å². The number of aromatic nitrogens is 2. The molecule has 1 amide bonds. The number of carbonyl (C=O) groups is 1. The van der Waals surface area contributed by atoms with Gasteiger partial charge in [0.15, 0.2) is 0 Å². The summed E-state index contributed by atoms with van der Waals surface area (Å²) >= 11 is 0. The molecule has 0 radical (unpaired) electrons. The first kappa shape index (κ1) is 19.1. The third-order valence-electron chi connectivity index (χ3n) is 4.98. The van der Waals surface area contributed by atoms with Crippen LogP contribution in [0.2, 0.25) is 0 Å². The number of anilines is 1. The summed E-state index contributed by atoms with van der Waals surface area (Å²) in [5.74, 6) is 0.162. The van der Waals surface area contributed by atoms with Crippen molar-refractivity contribution in [1.29, 1.82) is 0 Å². The number of sulfonamides is 1. The summed E-state index contributed by atoms with van der Waals surface area (Å²) in [6.45, 7) is 0.523.